The maximum atomic E-state index is 14.1. The van der Waals surface area contributed by atoms with Crippen LogP contribution in [0.4, 0.5) is 0 Å². The molecule has 3 aliphatic rings. The van der Waals surface area contributed by atoms with E-state index in [1.54, 1.807) is 41.5 Å². The van der Waals surface area contributed by atoms with Crippen molar-refractivity contribution in [2.75, 3.05) is 21.2 Å². The monoisotopic (exact) mass is 925 g/mol. The highest BCUT2D eigenvalue weighted by Gasteiger charge is 2.53. The smallest absolute Gasteiger partial charge is 0.336 e. The van der Waals surface area contributed by atoms with Gasteiger partial charge in [0.1, 0.15) is 29.7 Å². The zero-order chi connectivity index (χ0) is 49.6. The van der Waals surface area contributed by atoms with Gasteiger partial charge >= 0.3 is 23.9 Å². The second-order valence-corrected chi connectivity index (χ2v) is 18.9. The number of ether oxygens (including phenoxy) is 6. The molecule has 21 heteroatoms. The molecule has 372 valence electrons. The standard InChI is InChI=1S/C37H67NO13.C6H8O7/c1-14-25-37(10,45)30(41)20(4)27(39)18(2)16-35(8,44)32(51-34-28(40)24(38(11)12)15-19(3)47-34)21(5)29(22(6)33(43)49-25)50-26-17-36(9,46-13)31(42)23(7)48-26;7-3(8)1-6(13,5(11)12)2-4(9)10/h18-26,28-32,34,40-42,44-45H,14-17H2,1-13H3;13H,1-2H2,(H,7,8)(H,9,10)(H,11,12)/t18-,19+,20+,21+,22-,23+,24-,25-,26+,28+,29+,30-,31+,32-,34-,35-,36-,37-;/m1./s1. The third kappa shape index (κ3) is 13.8. The molecule has 0 aromatic carbocycles. The number of carbonyl (C=O) groups excluding carboxylic acids is 2. The molecule has 0 aromatic rings. The van der Waals surface area contributed by atoms with Crippen molar-refractivity contribution in [1.29, 1.82) is 0 Å². The van der Waals surface area contributed by atoms with Crippen LogP contribution < -0.4 is 0 Å². The van der Waals surface area contributed by atoms with E-state index in [1.807, 2.05) is 25.9 Å². The second kappa shape index (κ2) is 22.7. The van der Waals surface area contributed by atoms with E-state index in [0.717, 1.165) is 0 Å². The molecule has 3 fully saturated rings. The molecule has 0 amide bonds. The SMILES string of the molecule is CC[C@H]1OC(=O)[C@H](C)[C@@H](O[C@H]2C[C@@](C)(OC)[C@@H](O)[C@H](C)O2)[C@H](C)[C@@H](O[C@H]2O[C@@H](C)C[C@@H](N(C)C)[C@@H]2O)[C@](C)(O)C[C@@H](C)C(=O)[C@H](C)[C@@H](O)[C@]1(C)O.O=C(O)CC(O)(CC(=O)O)C(=O)O. The quantitative estimate of drug-likeness (QED) is 0.121. The first-order valence-electron chi connectivity index (χ1n) is 21.7. The normalized spacial score (nSPS) is 41.8. The van der Waals surface area contributed by atoms with Gasteiger partial charge in [0.25, 0.3) is 0 Å². The molecule has 3 saturated heterocycles. The van der Waals surface area contributed by atoms with E-state index in [-0.39, 0.29) is 31.4 Å². The zero-order valence-electron chi connectivity index (χ0n) is 39.4. The van der Waals surface area contributed by atoms with Crippen LogP contribution in [0.1, 0.15) is 108 Å². The van der Waals surface area contributed by atoms with E-state index in [0.29, 0.717) is 6.42 Å². The molecule has 18 atom stereocenters. The first kappa shape index (κ1) is 57.2. The Morgan fingerprint density at radius 1 is 0.844 bits per heavy atom. The van der Waals surface area contributed by atoms with Gasteiger partial charge in [-0.25, -0.2) is 4.79 Å². The average Bonchev–Trinajstić information content (AvgIpc) is 3.18. The Bertz CT molecular complexity index is 1570. The highest BCUT2D eigenvalue weighted by atomic mass is 16.7. The van der Waals surface area contributed by atoms with E-state index in [2.05, 4.69) is 0 Å². The van der Waals surface area contributed by atoms with Crippen LogP contribution in [-0.4, -0.2) is 192 Å². The number of carboxylic acid groups (broad SMARTS) is 3. The number of aliphatic carboxylic acids is 3. The van der Waals surface area contributed by atoms with Crippen molar-refractivity contribution in [3.8, 4) is 0 Å². The van der Waals surface area contributed by atoms with Crippen LogP contribution >= 0.6 is 0 Å². The third-order valence-electron chi connectivity index (χ3n) is 13.1. The summed E-state index contributed by atoms with van der Waals surface area (Å²) in [6.45, 7) is 16.3. The van der Waals surface area contributed by atoms with Gasteiger partial charge in [0.05, 0.1) is 60.5 Å². The molecule has 3 rings (SSSR count). The molecular weight excluding hydrogens is 850 g/mol. The lowest BCUT2D eigenvalue weighted by molar-refractivity contribution is -0.318. The molecule has 3 aliphatic heterocycles. The summed E-state index contributed by atoms with van der Waals surface area (Å²) >= 11 is 0. The molecule has 0 spiro atoms. The van der Waals surface area contributed by atoms with Gasteiger partial charge in [0.2, 0.25) is 0 Å². The number of cyclic esters (lactones) is 1. The van der Waals surface area contributed by atoms with Crippen molar-refractivity contribution in [3.05, 3.63) is 0 Å². The van der Waals surface area contributed by atoms with Crippen LogP contribution in [-0.2, 0) is 52.4 Å². The van der Waals surface area contributed by atoms with Gasteiger partial charge in [-0.05, 0) is 74.9 Å². The van der Waals surface area contributed by atoms with Crippen LogP contribution in [0, 0.1) is 23.7 Å². The van der Waals surface area contributed by atoms with Gasteiger partial charge in [-0.2, -0.15) is 0 Å². The Labute approximate surface area is 374 Å². The fourth-order valence-electron chi connectivity index (χ4n) is 9.12. The largest absolute Gasteiger partial charge is 0.481 e. The number of methoxy groups -OCH3 is 1. The topological polar surface area (TPSA) is 326 Å². The Balaban J connectivity index is 0.000000934. The molecule has 0 aromatic heterocycles. The third-order valence-corrected chi connectivity index (χ3v) is 13.1. The van der Waals surface area contributed by atoms with Crippen LogP contribution in [0.3, 0.4) is 0 Å². The lowest BCUT2D eigenvalue weighted by Crippen LogP contribution is -2.61. The van der Waals surface area contributed by atoms with Gasteiger partial charge in [-0.3, -0.25) is 19.2 Å². The minimum absolute atomic E-state index is 0.0936. The number of Topliss-reactive ketones (excluding diaryl/α,β-unsaturated/α-hetero) is 1. The van der Waals surface area contributed by atoms with Crippen LogP contribution in [0.5, 0.6) is 0 Å². The number of rotatable bonds is 12. The minimum atomic E-state index is -2.74. The van der Waals surface area contributed by atoms with Gasteiger partial charge in [0, 0.05) is 37.3 Å². The molecule has 0 aliphatic carbocycles. The molecule has 3 heterocycles. The number of hydrogen-bond donors (Lipinski definition) is 9. The van der Waals surface area contributed by atoms with Gasteiger partial charge in [-0.15, -0.1) is 0 Å². The Kier molecular flexibility index (Phi) is 20.3. The second-order valence-electron chi connectivity index (χ2n) is 18.9. The minimum Gasteiger partial charge on any atom is -0.481 e. The van der Waals surface area contributed by atoms with Crippen LogP contribution in [0.15, 0.2) is 0 Å². The number of ketones is 1. The predicted molar refractivity (Wildman–Crippen MR) is 223 cm³/mol. The molecule has 64 heavy (non-hydrogen) atoms. The summed E-state index contributed by atoms with van der Waals surface area (Å²) in [4.78, 5) is 60.2. The Morgan fingerprint density at radius 2 is 1.39 bits per heavy atom. The van der Waals surface area contributed by atoms with Crippen molar-refractivity contribution in [1.82, 2.24) is 4.90 Å². The number of hydrogen-bond acceptors (Lipinski definition) is 18. The van der Waals surface area contributed by atoms with Crippen molar-refractivity contribution in [2.45, 2.75) is 198 Å². The highest BCUT2D eigenvalue weighted by molar-refractivity contribution is 5.88. The summed E-state index contributed by atoms with van der Waals surface area (Å²) in [5.74, 6) is -10.00. The number of esters is 1. The van der Waals surface area contributed by atoms with Gasteiger partial charge in [-0.1, -0.05) is 27.7 Å². The number of carboxylic acids is 3. The van der Waals surface area contributed by atoms with Crippen LogP contribution in [0.2, 0.25) is 0 Å². The molecule has 21 nitrogen and oxygen atoms in total. The van der Waals surface area contributed by atoms with Crippen molar-refractivity contribution < 1.29 is 98.4 Å². The average molecular weight is 926 g/mol. The van der Waals surface area contributed by atoms with Gasteiger partial charge in [0.15, 0.2) is 18.2 Å². The zero-order valence-corrected chi connectivity index (χ0v) is 39.4. The highest BCUT2D eigenvalue weighted by Crippen LogP contribution is 2.41. The molecular formula is C43H75NO20. The number of likely N-dealkylation sites (N-methyl/N-ethyl adjacent to an activating group) is 1. The number of carbonyl (C=O) groups is 5. The van der Waals surface area contributed by atoms with E-state index >= 15 is 0 Å². The van der Waals surface area contributed by atoms with Crippen molar-refractivity contribution in [3.63, 3.8) is 0 Å². The summed E-state index contributed by atoms with van der Waals surface area (Å²) in [6.07, 6.45) is -12.0. The molecule has 9 N–H and O–H groups in total. The summed E-state index contributed by atoms with van der Waals surface area (Å²) in [5.41, 5.74) is -7.58. The first-order chi connectivity index (χ1) is 29.2. The lowest BCUT2D eigenvalue weighted by atomic mass is 9.74. The van der Waals surface area contributed by atoms with E-state index in [4.69, 9.17) is 48.8 Å². The van der Waals surface area contributed by atoms with E-state index in [9.17, 15) is 49.5 Å². The van der Waals surface area contributed by atoms with E-state index in [1.165, 1.54) is 27.9 Å². The molecule has 0 saturated carbocycles. The number of aliphatic hydroxyl groups excluding tert-OH is 3. The van der Waals surface area contributed by atoms with Crippen molar-refractivity contribution in [2.24, 2.45) is 23.7 Å². The first-order valence-corrected chi connectivity index (χ1v) is 21.7. The van der Waals surface area contributed by atoms with Crippen molar-refractivity contribution >= 4 is 29.7 Å². The maximum absolute atomic E-state index is 14.1. The molecule has 0 radical (unpaired) electrons. The lowest BCUT2D eigenvalue weighted by Gasteiger charge is -2.49. The van der Waals surface area contributed by atoms with Gasteiger partial charge < -0.3 is 79.3 Å². The fourth-order valence-corrected chi connectivity index (χ4v) is 9.12. The van der Waals surface area contributed by atoms with E-state index < -0.39 is 144 Å². The number of aliphatic hydroxyl groups is 6. The fraction of sp³-hybridized carbons (Fsp3) is 0.884. The predicted octanol–water partition coefficient (Wildman–Crippen LogP) is 0.537. The summed E-state index contributed by atoms with van der Waals surface area (Å²) < 4.78 is 37.1. The maximum Gasteiger partial charge on any atom is 0.336 e. The summed E-state index contributed by atoms with van der Waals surface area (Å²) in [5, 5.41) is 91.4. The molecule has 0 bridgehead atoms. The summed E-state index contributed by atoms with van der Waals surface area (Å²) in [6, 6.07) is -0.324. The Hall–Kier alpha value is -2.93. The molecule has 0 unspecified atom stereocenters. The van der Waals surface area contributed by atoms with Crippen LogP contribution in [0.25, 0.3) is 0 Å². The summed E-state index contributed by atoms with van der Waals surface area (Å²) in [7, 11) is 5.18. The number of nitrogens with zero attached hydrogens (tertiary/aromatic N) is 1. The Morgan fingerprint density at radius 3 is 1.86 bits per heavy atom.